The number of primary amides is 1. The maximum atomic E-state index is 11.7. The predicted molar refractivity (Wildman–Crippen MR) is 60.5 cm³/mol. The van der Waals surface area contributed by atoms with Gasteiger partial charge >= 0.3 is 6.03 Å². The molecule has 0 bridgehead atoms. The maximum absolute atomic E-state index is 11.7. The lowest BCUT2D eigenvalue weighted by Gasteiger charge is -2.33. The number of nitrogens with one attached hydrogen (secondary N) is 1. The monoisotopic (exact) mass is 228 g/mol. The summed E-state index contributed by atoms with van der Waals surface area (Å²) in [7, 11) is 0. The van der Waals surface area contributed by atoms with E-state index in [2.05, 4.69) is 5.32 Å². The molecular weight excluding hydrogens is 208 g/mol. The summed E-state index contributed by atoms with van der Waals surface area (Å²) < 4.78 is 0. The highest BCUT2D eigenvalue weighted by Gasteiger charge is 2.25. The molecule has 92 valence electrons. The van der Waals surface area contributed by atoms with Gasteiger partial charge in [0, 0.05) is 19.6 Å². The highest BCUT2D eigenvalue weighted by Crippen LogP contribution is 2.16. The molecule has 0 saturated carbocycles. The van der Waals surface area contributed by atoms with Crippen molar-refractivity contribution in [1.29, 1.82) is 0 Å². The first kappa shape index (κ1) is 12.8. The minimum Gasteiger partial charge on any atom is -0.352 e. The van der Waals surface area contributed by atoms with E-state index in [1.54, 1.807) is 11.8 Å². The Hall–Kier alpha value is -1.30. The van der Waals surface area contributed by atoms with Crippen molar-refractivity contribution in [2.75, 3.05) is 19.6 Å². The molecule has 0 aliphatic carbocycles. The Bertz CT molecular complexity index is 268. The van der Waals surface area contributed by atoms with E-state index in [9.17, 15) is 9.59 Å². The maximum Gasteiger partial charge on any atom is 0.312 e. The average Bonchev–Trinajstić information content (AvgIpc) is 2.25. The quantitative estimate of drug-likeness (QED) is 0.591. The molecule has 0 aromatic rings. The number of likely N-dealkylation sites (tertiary alicyclic amines) is 1. The SMILES string of the molecule is CC(N)C(=O)N1CCCC(CNC(N)=O)C1. The van der Waals surface area contributed by atoms with E-state index in [1.807, 2.05) is 0 Å². The third kappa shape index (κ3) is 3.69. The van der Waals surface area contributed by atoms with Gasteiger partial charge in [0.15, 0.2) is 0 Å². The van der Waals surface area contributed by atoms with Crippen LogP contribution in [0.5, 0.6) is 0 Å². The van der Waals surface area contributed by atoms with Gasteiger partial charge in [0.2, 0.25) is 5.91 Å². The second kappa shape index (κ2) is 5.69. The van der Waals surface area contributed by atoms with Crippen molar-refractivity contribution in [3.63, 3.8) is 0 Å². The molecular formula is C10H20N4O2. The van der Waals surface area contributed by atoms with E-state index in [4.69, 9.17) is 11.5 Å². The van der Waals surface area contributed by atoms with Gasteiger partial charge < -0.3 is 21.7 Å². The third-order valence-electron chi connectivity index (χ3n) is 2.79. The number of amides is 3. The topological polar surface area (TPSA) is 101 Å². The van der Waals surface area contributed by atoms with Crippen LogP contribution < -0.4 is 16.8 Å². The summed E-state index contributed by atoms with van der Waals surface area (Å²) >= 11 is 0. The zero-order valence-electron chi connectivity index (χ0n) is 9.61. The van der Waals surface area contributed by atoms with Crippen LogP contribution in [0.15, 0.2) is 0 Å². The van der Waals surface area contributed by atoms with Gasteiger partial charge in [0.1, 0.15) is 0 Å². The van der Waals surface area contributed by atoms with Gasteiger partial charge in [0.25, 0.3) is 0 Å². The molecule has 0 spiro atoms. The van der Waals surface area contributed by atoms with Gasteiger partial charge in [-0.2, -0.15) is 0 Å². The number of carbonyl (C=O) groups is 2. The Morgan fingerprint density at radius 3 is 2.81 bits per heavy atom. The van der Waals surface area contributed by atoms with Gasteiger partial charge in [0.05, 0.1) is 6.04 Å². The summed E-state index contributed by atoms with van der Waals surface area (Å²) in [5.41, 5.74) is 10.6. The molecule has 1 aliphatic rings. The summed E-state index contributed by atoms with van der Waals surface area (Å²) in [6, 6.07) is -0.974. The highest BCUT2D eigenvalue weighted by molar-refractivity contribution is 5.81. The average molecular weight is 228 g/mol. The molecule has 0 aromatic carbocycles. The fourth-order valence-electron chi connectivity index (χ4n) is 1.96. The highest BCUT2D eigenvalue weighted by atomic mass is 16.2. The number of carbonyl (C=O) groups excluding carboxylic acids is 2. The van der Waals surface area contributed by atoms with Gasteiger partial charge in [-0.15, -0.1) is 0 Å². The van der Waals surface area contributed by atoms with Crippen LogP contribution in [0.1, 0.15) is 19.8 Å². The van der Waals surface area contributed by atoms with Crippen LogP contribution in [0.25, 0.3) is 0 Å². The lowest BCUT2D eigenvalue weighted by Crippen LogP contribution is -2.49. The zero-order valence-corrected chi connectivity index (χ0v) is 9.61. The molecule has 1 heterocycles. The molecule has 0 radical (unpaired) electrons. The van der Waals surface area contributed by atoms with E-state index in [-0.39, 0.29) is 11.8 Å². The van der Waals surface area contributed by atoms with Crippen molar-refractivity contribution < 1.29 is 9.59 Å². The van der Waals surface area contributed by atoms with Gasteiger partial charge in [-0.1, -0.05) is 0 Å². The summed E-state index contributed by atoms with van der Waals surface area (Å²) in [6.07, 6.45) is 1.95. The number of nitrogens with two attached hydrogens (primary N) is 2. The molecule has 3 amide bonds. The van der Waals surface area contributed by atoms with Crippen LogP contribution in [0, 0.1) is 5.92 Å². The Morgan fingerprint density at radius 2 is 2.25 bits per heavy atom. The minimum absolute atomic E-state index is 0.0243. The molecule has 1 aliphatic heterocycles. The van der Waals surface area contributed by atoms with Crippen LogP contribution >= 0.6 is 0 Å². The van der Waals surface area contributed by atoms with Gasteiger partial charge in [-0.3, -0.25) is 4.79 Å². The fourth-order valence-corrected chi connectivity index (χ4v) is 1.96. The van der Waals surface area contributed by atoms with E-state index >= 15 is 0 Å². The van der Waals surface area contributed by atoms with Crippen molar-refractivity contribution in [1.82, 2.24) is 10.2 Å². The van der Waals surface area contributed by atoms with Crippen molar-refractivity contribution in [3.05, 3.63) is 0 Å². The van der Waals surface area contributed by atoms with Crippen molar-refractivity contribution in [2.24, 2.45) is 17.4 Å². The number of hydrogen-bond donors (Lipinski definition) is 3. The van der Waals surface area contributed by atoms with E-state index in [0.29, 0.717) is 13.1 Å². The van der Waals surface area contributed by atoms with Gasteiger partial charge in [-0.05, 0) is 25.7 Å². The molecule has 0 aromatic heterocycles. The molecule has 6 nitrogen and oxygen atoms in total. The van der Waals surface area contributed by atoms with Crippen LogP contribution in [-0.2, 0) is 4.79 Å². The Kier molecular flexibility index (Phi) is 4.54. The molecule has 2 unspecified atom stereocenters. The lowest BCUT2D eigenvalue weighted by atomic mass is 9.97. The fraction of sp³-hybridized carbons (Fsp3) is 0.800. The van der Waals surface area contributed by atoms with E-state index in [0.717, 1.165) is 19.4 Å². The largest absolute Gasteiger partial charge is 0.352 e. The normalized spacial score (nSPS) is 22.6. The third-order valence-corrected chi connectivity index (χ3v) is 2.79. The standard InChI is InChI=1S/C10H20N4O2/c1-7(11)9(15)14-4-2-3-8(6-14)5-13-10(12)16/h7-8H,2-6,11H2,1H3,(H3,12,13,16). The lowest BCUT2D eigenvalue weighted by molar-refractivity contribution is -0.133. The Balaban J connectivity index is 2.41. The molecule has 1 fully saturated rings. The first-order chi connectivity index (χ1) is 7.50. The summed E-state index contributed by atoms with van der Waals surface area (Å²) in [5, 5.41) is 2.57. The van der Waals surface area contributed by atoms with E-state index < -0.39 is 12.1 Å². The molecule has 2 atom stereocenters. The molecule has 5 N–H and O–H groups in total. The molecule has 16 heavy (non-hydrogen) atoms. The number of urea groups is 1. The molecule has 6 heteroatoms. The molecule has 1 rings (SSSR count). The van der Waals surface area contributed by atoms with E-state index in [1.165, 1.54) is 0 Å². The van der Waals surface area contributed by atoms with Crippen LogP contribution in [-0.4, -0.2) is 42.5 Å². The number of piperidine rings is 1. The molecule has 1 saturated heterocycles. The number of nitrogens with zero attached hydrogens (tertiary/aromatic N) is 1. The summed E-state index contributed by atoms with van der Waals surface area (Å²) in [5.74, 6) is 0.257. The van der Waals surface area contributed by atoms with Crippen LogP contribution in [0.3, 0.4) is 0 Å². The predicted octanol–water partition coefficient (Wildman–Crippen LogP) is -0.759. The van der Waals surface area contributed by atoms with Crippen molar-refractivity contribution >= 4 is 11.9 Å². The second-order valence-corrected chi connectivity index (χ2v) is 4.33. The van der Waals surface area contributed by atoms with Crippen LogP contribution in [0.4, 0.5) is 4.79 Å². The summed E-state index contributed by atoms with van der Waals surface area (Å²) in [4.78, 5) is 24.0. The minimum atomic E-state index is -0.518. The second-order valence-electron chi connectivity index (χ2n) is 4.33. The first-order valence-electron chi connectivity index (χ1n) is 5.58. The number of hydrogen-bond acceptors (Lipinski definition) is 3. The summed E-state index contributed by atoms with van der Waals surface area (Å²) in [6.45, 7) is 3.62. The Morgan fingerprint density at radius 1 is 1.56 bits per heavy atom. The number of rotatable bonds is 3. The van der Waals surface area contributed by atoms with Crippen LogP contribution in [0.2, 0.25) is 0 Å². The Labute approximate surface area is 95.3 Å². The first-order valence-corrected chi connectivity index (χ1v) is 5.58. The van der Waals surface area contributed by atoms with Crippen molar-refractivity contribution in [2.45, 2.75) is 25.8 Å². The smallest absolute Gasteiger partial charge is 0.312 e. The van der Waals surface area contributed by atoms with Crippen molar-refractivity contribution in [3.8, 4) is 0 Å². The zero-order chi connectivity index (χ0) is 12.1. The van der Waals surface area contributed by atoms with Gasteiger partial charge in [-0.25, -0.2) is 4.79 Å².